The van der Waals surface area contributed by atoms with E-state index in [-0.39, 0.29) is 29.1 Å². The van der Waals surface area contributed by atoms with E-state index in [4.69, 9.17) is 0 Å². The molecule has 1 N–H and O–H groups in total. The van der Waals surface area contributed by atoms with Gasteiger partial charge in [-0.05, 0) is 19.8 Å². The lowest BCUT2D eigenvalue weighted by atomic mass is 10.2. The quantitative estimate of drug-likeness (QED) is 0.745. The van der Waals surface area contributed by atoms with Crippen molar-refractivity contribution in [2.75, 3.05) is 29.5 Å². The molecule has 1 fully saturated rings. The van der Waals surface area contributed by atoms with E-state index in [1.54, 1.807) is 6.20 Å². The van der Waals surface area contributed by atoms with Crippen LogP contribution in [0.15, 0.2) is 12.4 Å². The summed E-state index contributed by atoms with van der Waals surface area (Å²) in [6.45, 7) is 5.29. The SMILES string of the molecule is CCCCNC(=O)c1cnc(N(CC)C2CCS(=O)(=O)C2)cn1. The van der Waals surface area contributed by atoms with E-state index in [2.05, 4.69) is 22.2 Å². The molecule has 1 aromatic rings. The van der Waals surface area contributed by atoms with Crippen molar-refractivity contribution >= 4 is 21.6 Å². The molecular formula is C15H24N4O3S. The molecule has 0 saturated carbocycles. The largest absolute Gasteiger partial charge is 0.352 e. The Labute approximate surface area is 137 Å². The van der Waals surface area contributed by atoms with Crippen LogP contribution in [0, 0.1) is 0 Å². The number of sulfone groups is 1. The lowest BCUT2D eigenvalue weighted by Crippen LogP contribution is -2.37. The van der Waals surface area contributed by atoms with Crippen LogP contribution in [0.4, 0.5) is 5.82 Å². The Morgan fingerprint density at radius 2 is 2.13 bits per heavy atom. The Kier molecular flexibility index (Phi) is 5.92. The van der Waals surface area contributed by atoms with Crippen LogP contribution in [0.3, 0.4) is 0 Å². The lowest BCUT2D eigenvalue weighted by molar-refractivity contribution is 0.0948. The topological polar surface area (TPSA) is 92.3 Å². The van der Waals surface area contributed by atoms with Gasteiger partial charge in [-0.1, -0.05) is 13.3 Å². The summed E-state index contributed by atoms with van der Waals surface area (Å²) in [7, 11) is -2.95. The van der Waals surface area contributed by atoms with E-state index in [0.717, 1.165) is 12.8 Å². The van der Waals surface area contributed by atoms with Crippen molar-refractivity contribution in [3.8, 4) is 0 Å². The lowest BCUT2D eigenvalue weighted by Gasteiger charge is -2.27. The Morgan fingerprint density at radius 3 is 2.65 bits per heavy atom. The van der Waals surface area contributed by atoms with Crippen LogP contribution in [-0.2, 0) is 9.84 Å². The fraction of sp³-hybridized carbons (Fsp3) is 0.667. The van der Waals surface area contributed by atoms with Crippen LogP contribution >= 0.6 is 0 Å². The van der Waals surface area contributed by atoms with Crippen LogP contribution in [0.2, 0.25) is 0 Å². The molecule has 0 aromatic carbocycles. The number of nitrogens with one attached hydrogen (secondary N) is 1. The number of rotatable bonds is 7. The van der Waals surface area contributed by atoms with Crippen LogP contribution in [0.5, 0.6) is 0 Å². The summed E-state index contributed by atoms with van der Waals surface area (Å²) in [4.78, 5) is 22.3. The van der Waals surface area contributed by atoms with Crippen LogP contribution < -0.4 is 10.2 Å². The van der Waals surface area contributed by atoms with Crippen LogP contribution in [0.1, 0.15) is 43.6 Å². The number of hydrogen-bond donors (Lipinski definition) is 1. The molecule has 1 aliphatic rings. The van der Waals surface area contributed by atoms with Gasteiger partial charge in [-0.25, -0.2) is 18.4 Å². The monoisotopic (exact) mass is 340 g/mol. The molecule has 128 valence electrons. The van der Waals surface area contributed by atoms with E-state index in [1.165, 1.54) is 6.20 Å². The summed E-state index contributed by atoms with van der Waals surface area (Å²) in [6, 6.07) is -0.0662. The fourth-order valence-corrected chi connectivity index (χ4v) is 4.42. The van der Waals surface area contributed by atoms with Crippen LogP contribution in [-0.4, -0.2) is 54.9 Å². The van der Waals surface area contributed by atoms with Gasteiger partial charge in [0.1, 0.15) is 11.5 Å². The van der Waals surface area contributed by atoms with Gasteiger partial charge in [0.2, 0.25) is 0 Å². The summed E-state index contributed by atoms with van der Waals surface area (Å²) in [5.41, 5.74) is 0.278. The molecule has 0 aliphatic carbocycles. The number of hydrogen-bond acceptors (Lipinski definition) is 6. The predicted octanol–water partition coefficient (Wildman–Crippen LogP) is 1.02. The van der Waals surface area contributed by atoms with E-state index in [1.807, 2.05) is 11.8 Å². The first-order chi connectivity index (χ1) is 11.0. The maximum absolute atomic E-state index is 11.9. The molecule has 1 aliphatic heterocycles. The van der Waals surface area contributed by atoms with Gasteiger partial charge in [-0.2, -0.15) is 0 Å². The first-order valence-corrected chi connectivity index (χ1v) is 9.86. The van der Waals surface area contributed by atoms with E-state index >= 15 is 0 Å². The molecule has 1 atom stereocenters. The maximum atomic E-state index is 11.9. The van der Waals surface area contributed by atoms with Crippen molar-refractivity contribution < 1.29 is 13.2 Å². The zero-order valence-corrected chi connectivity index (χ0v) is 14.5. The number of unbranched alkanes of at least 4 members (excludes halogenated alkanes) is 1. The van der Waals surface area contributed by atoms with Crippen molar-refractivity contribution in [1.29, 1.82) is 0 Å². The molecule has 1 aromatic heterocycles. The molecule has 1 amide bonds. The average Bonchev–Trinajstić information content (AvgIpc) is 2.89. The second-order valence-corrected chi connectivity index (χ2v) is 7.94. The number of anilines is 1. The van der Waals surface area contributed by atoms with Gasteiger partial charge in [0.25, 0.3) is 5.91 Å². The second kappa shape index (κ2) is 7.72. The minimum absolute atomic E-state index is 0.0662. The minimum atomic E-state index is -2.95. The number of carbonyl (C=O) groups is 1. The predicted molar refractivity (Wildman–Crippen MR) is 89.4 cm³/mol. The molecule has 2 heterocycles. The third-order valence-electron chi connectivity index (χ3n) is 3.97. The van der Waals surface area contributed by atoms with Crippen molar-refractivity contribution in [3.63, 3.8) is 0 Å². The molecule has 0 bridgehead atoms. The number of carbonyl (C=O) groups excluding carboxylic acids is 1. The summed E-state index contributed by atoms with van der Waals surface area (Å²) in [5.74, 6) is 0.755. The smallest absolute Gasteiger partial charge is 0.271 e. The van der Waals surface area contributed by atoms with E-state index < -0.39 is 9.84 Å². The summed E-state index contributed by atoms with van der Waals surface area (Å²) >= 11 is 0. The normalized spacial score (nSPS) is 19.5. The first kappa shape index (κ1) is 17.7. The maximum Gasteiger partial charge on any atom is 0.271 e. The highest BCUT2D eigenvalue weighted by Crippen LogP contribution is 2.22. The molecule has 0 spiro atoms. The summed E-state index contributed by atoms with van der Waals surface area (Å²) in [6.07, 6.45) is 5.54. The molecule has 1 unspecified atom stereocenters. The highest BCUT2D eigenvalue weighted by molar-refractivity contribution is 7.91. The van der Waals surface area contributed by atoms with Gasteiger partial charge in [0, 0.05) is 19.1 Å². The third kappa shape index (κ3) is 4.63. The second-order valence-electron chi connectivity index (χ2n) is 5.71. The number of nitrogens with zero attached hydrogens (tertiary/aromatic N) is 3. The van der Waals surface area contributed by atoms with Gasteiger partial charge in [-0.15, -0.1) is 0 Å². The first-order valence-electron chi connectivity index (χ1n) is 8.04. The van der Waals surface area contributed by atoms with E-state index in [9.17, 15) is 13.2 Å². The summed E-state index contributed by atoms with van der Waals surface area (Å²) < 4.78 is 23.3. The third-order valence-corrected chi connectivity index (χ3v) is 5.72. The molecule has 1 saturated heterocycles. The summed E-state index contributed by atoms with van der Waals surface area (Å²) in [5, 5.41) is 2.79. The Morgan fingerprint density at radius 1 is 1.35 bits per heavy atom. The van der Waals surface area contributed by atoms with Crippen molar-refractivity contribution in [3.05, 3.63) is 18.1 Å². The number of amides is 1. The zero-order chi connectivity index (χ0) is 16.9. The van der Waals surface area contributed by atoms with Gasteiger partial charge >= 0.3 is 0 Å². The Balaban J connectivity index is 2.04. The van der Waals surface area contributed by atoms with Crippen LogP contribution in [0.25, 0.3) is 0 Å². The highest BCUT2D eigenvalue weighted by Gasteiger charge is 2.32. The molecule has 23 heavy (non-hydrogen) atoms. The highest BCUT2D eigenvalue weighted by atomic mass is 32.2. The standard InChI is InChI=1S/C15H24N4O3S/c1-3-5-7-16-15(20)13-9-18-14(10-17-13)19(4-2)12-6-8-23(21,22)11-12/h9-10,12H,3-8,11H2,1-2H3,(H,16,20). The van der Waals surface area contributed by atoms with E-state index in [0.29, 0.717) is 25.3 Å². The Bertz CT molecular complexity index is 631. The molecule has 8 heteroatoms. The van der Waals surface area contributed by atoms with Crippen molar-refractivity contribution in [1.82, 2.24) is 15.3 Å². The number of aromatic nitrogens is 2. The zero-order valence-electron chi connectivity index (χ0n) is 13.7. The van der Waals surface area contributed by atoms with Gasteiger partial charge in [-0.3, -0.25) is 4.79 Å². The average molecular weight is 340 g/mol. The van der Waals surface area contributed by atoms with Crippen molar-refractivity contribution in [2.24, 2.45) is 0 Å². The minimum Gasteiger partial charge on any atom is -0.352 e. The molecule has 0 radical (unpaired) electrons. The molecule has 2 rings (SSSR count). The Hall–Kier alpha value is -1.70. The fourth-order valence-electron chi connectivity index (χ4n) is 2.68. The van der Waals surface area contributed by atoms with Gasteiger partial charge < -0.3 is 10.2 Å². The molecule has 7 nitrogen and oxygen atoms in total. The van der Waals surface area contributed by atoms with Gasteiger partial charge in [0.05, 0.1) is 23.9 Å². The van der Waals surface area contributed by atoms with Crippen molar-refractivity contribution in [2.45, 2.75) is 39.2 Å². The van der Waals surface area contributed by atoms with Gasteiger partial charge in [0.15, 0.2) is 9.84 Å². The molecular weight excluding hydrogens is 316 g/mol.